The summed E-state index contributed by atoms with van der Waals surface area (Å²) in [6.45, 7) is 2.66. The van der Waals surface area contributed by atoms with Crippen molar-refractivity contribution >= 4 is 22.4 Å². The lowest BCUT2D eigenvalue weighted by Gasteiger charge is -2.03. The van der Waals surface area contributed by atoms with Crippen molar-refractivity contribution in [3.8, 4) is 0 Å². The predicted molar refractivity (Wildman–Crippen MR) is 83.3 cm³/mol. The fourth-order valence-electron chi connectivity index (χ4n) is 2.51. The molecule has 104 valence electrons. The van der Waals surface area contributed by atoms with Crippen molar-refractivity contribution in [1.82, 2.24) is 19.4 Å². The summed E-state index contributed by atoms with van der Waals surface area (Å²) in [5.41, 5.74) is 5.08. The Kier molecular flexibility index (Phi) is 2.64. The third-order valence-electron chi connectivity index (χ3n) is 3.49. The van der Waals surface area contributed by atoms with E-state index in [4.69, 9.17) is 0 Å². The number of nitrogens with zero attached hydrogens (tertiary/aromatic N) is 3. The number of aromatic nitrogens is 4. The second kappa shape index (κ2) is 4.63. The number of H-pyrrole nitrogens is 1. The highest BCUT2D eigenvalue weighted by atomic mass is 15.0. The number of fused-ring (bicyclic) bond motifs is 2. The third kappa shape index (κ3) is 2.23. The van der Waals surface area contributed by atoms with Gasteiger partial charge in [-0.1, -0.05) is 6.07 Å². The van der Waals surface area contributed by atoms with Crippen molar-refractivity contribution in [2.45, 2.75) is 13.5 Å². The minimum Gasteiger partial charge on any atom is -0.379 e. The van der Waals surface area contributed by atoms with Crippen molar-refractivity contribution < 1.29 is 0 Å². The zero-order valence-corrected chi connectivity index (χ0v) is 11.7. The van der Waals surface area contributed by atoms with Crippen molar-refractivity contribution in [3.63, 3.8) is 0 Å². The molecule has 21 heavy (non-hydrogen) atoms. The molecule has 5 heteroatoms. The first-order valence-electron chi connectivity index (χ1n) is 6.91. The van der Waals surface area contributed by atoms with Crippen LogP contribution in [0.1, 0.15) is 11.5 Å². The molecule has 0 fully saturated rings. The Morgan fingerprint density at radius 2 is 2.14 bits per heavy atom. The quantitative estimate of drug-likeness (QED) is 0.605. The molecule has 0 saturated carbocycles. The number of rotatable bonds is 3. The van der Waals surface area contributed by atoms with Gasteiger partial charge >= 0.3 is 0 Å². The summed E-state index contributed by atoms with van der Waals surface area (Å²) in [4.78, 5) is 12.2. The van der Waals surface area contributed by atoms with Gasteiger partial charge in [0.15, 0.2) is 0 Å². The van der Waals surface area contributed by atoms with Crippen molar-refractivity contribution in [2.24, 2.45) is 0 Å². The van der Waals surface area contributed by atoms with Crippen LogP contribution in [0.2, 0.25) is 0 Å². The van der Waals surface area contributed by atoms with Crippen LogP contribution in [-0.2, 0) is 6.54 Å². The third-order valence-corrected chi connectivity index (χ3v) is 3.49. The van der Waals surface area contributed by atoms with E-state index in [0.717, 1.165) is 33.9 Å². The zero-order chi connectivity index (χ0) is 14.2. The number of hydrogen-bond donors (Lipinski definition) is 2. The van der Waals surface area contributed by atoms with Crippen molar-refractivity contribution in [3.05, 3.63) is 60.3 Å². The smallest absolute Gasteiger partial charge is 0.137 e. The zero-order valence-electron chi connectivity index (χ0n) is 11.7. The lowest BCUT2D eigenvalue weighted by atomic mass is 10.2. The number of hydrogen-bond acceptors (Lipinski definition) is 3. The van der Waals surface area contributed by atoms with Gasteiger partial charge in [-0.25, -0.2) is 9.97 Å². The summed E-state index contributed by atoms with van der Waals surface area (Å²) in [6, 6.07) is 12.1. The molecular formula is C16H15N5. The summed E-state index contributed by atoms with van der Waals surface area (Å²) in [5, 5.41) is 3.40. The summed E-state index contributed by atoms with van der Waals surface area (Å²) in [5.74, 6) is 0.933. The highest BCUT2D eigenvalue weighted by Gasteiger charge is 2.03. The minimum absolute atomic E-state index is 0.695. The van der Waals surface area contributed by atoms with E-state index < -0.39 is 0 Å². The normalized spacial score (nSPS) is 11.3. The number of benzene rings is 1. The summed E-state index contributed by atoms with van der Waals surface area (Å²) in [7, 11) is 0. The van der Waals surface area contributed by atoms with E-state index in [0.29, 0.717) is 6.54 Å². The largest absolute Gasteiger partial charge is 0.379 e. The SMILES string of the molecule is Cc1nc2ccc(NCc3cn4ccccc4n3)cc2[nH]1. The number of nitrogens with one attached hydrogen (secondary N) is 2. The van der Waals surface area contributed by atoms with E-state index >= 15 is 0 Å². The molecule has 0 unspecified atom stereocenters. The Bertz CT molecular complexity index is 886. The molecule has 1 aromatic carbocycles. The van der Waals surface area contributed by atoms with E-state index in [2.05, 4.69) is 26.3 Å². The number of pyridine rings is 1. The number of imidazole rings is 2. The summed E-state index contributed by atoms with van der Waals surface area (Å²) in [6.07, 6.45) is 4.05. The van der Waals surface area contributed by atoms with E-state index in [1.807, 2.05) is 54.0 Å². The maximum Gasteiger partial charge on any atom is 0.137 e. The van der Waals surface area contributed by atoms with Crippen LogP contribution < -0.4 is 5.32 Å². The van der Waals surface area contributed by atoms with Crippen LogP contribution in [0.4, 0.5) is 5.69 Å². The fourth-order valence-corrected chi connectivity index (χ4v) is 2.51. The van der Waals surface area contributed by atoms with Crippen LogP contribution in [0.3, 0.4) is 0 Å². The molecule has 4 aromatic rings. The molecule has 0 amide bonds. The number of anilines is 1. The van der Waals surface area contributed by atoms with Crippen LogP contribution in [-0.4, -0.2) is 19.4 Å². The van der Waals surface area contributed by atoms with Gasteiger partial charge in [0.05, 0.1) is 23.3 Å². The molecule has 5 nitrogen and oxygen atoms in total. The molecular weight excluding hydrogens is 262 g/mol. The minimum atomic E-state index is 0.695. The molecule has 0 aliphatic heterocycles. The summed E-state index contributed by atoms with van der Waals surface area (Å²) >= 11 is 0. The van der Waals surface area contributed by atoms with Crippen LogP contribution in [0.5, 0.6) is 0 Å². The van der Waals surface area contributed by atoms with Crippen LogP contribution in [0.15, 0.2) is 48.8 Å². The van der Waals surface area contributed by atoms with Gasteiger partial charge in [0.2, 0.25) is 0 Å². The standard InChI is InChI=1S/C16H15N5/c1-11-18-14-6-5-12(8-15(14)19-11)17-9-13-10-21-7-3-2-4-16(21)20-13/h2-8,10,17H,9H2,1H3,(H,18,19). The second-order valence-corrected chi connectivity index (χ2v) is 5.11. The van der Waals surface area contributed by atoms with Crippen molar-refractivity contribution in [2.75, 3.05) is 5.32 Å². The van der Waals surface area contributed by atoms with Crippen LogP contribution in [0, 0.1) is 6.92 Å². The lowest BCUT2D eigenvalue weighted by Crippen LogP contribution is -1.99. The predicted octanol–water partition coefficient (Wildman–Crippen LogP) is 3.13. The fraction of sp³-hybridized carbons (Fsp3) is 0.125. The molecule has 0 aliphatic carbocycles. The molecule has 2 N–H and O–H groups in total. The Balaban J connectivity index is 1.56. The first kappa shape index (κ1) is 12.0. The van der Waals surface area contributed by atoms with E-state index in [1.54, 1.807) is 0 Å². The molecule has 0 bridgehead atoms. The Morgan fingerprint density at radius 1 is 1.19 bits per heavy atom. The van der Waals surface area contributed by atoms with Crippen LogP contribution in [0.25, 0.3) is 16.7 Å². The number of aryl methyl sites for hydroxylation is 1. The number of aromatic amines is 1. The Morgan fingerprint density at radius 3 is 3.05 bits per heavy atom. The van der Waals surface area contributed by atoms with Gasteiger partial charge in [0, 0.05) is 18.1 Å². The van der Waals surface area contributed by atoms with Gasteiger partial charge in [0.1, 0.15) is 11.5 Å². The molecule has 0 spiro atoms. The maximum absolute atomic E-state index is 4.57. The highest BCUT2D eigenvalue weighted by molar-refractivity contribution is 5.79. The molecule has 0 saturated heterocycles. The molecule has 0 radical (unpaired) electrons. The molecule has 3 aromatic heterocycles. The van der Waals surface area contributed by atoms with Crippen LogP contribution >= 0.6 is 0 Å². The highest BCUT2D eigenvalue weighted by Crippen LogP contribution is 2.17. The Hall–Kier alpha value is -2.82. The monoisotopic (exact) mass is 277 g/mol. The maximum atomic E-state index is 4.57. The van der Waals surface area contributed by atoms with Gasteiger partial charge in [-0.2, -0.15) is 0 Å². The van der Waals surface area contributed by atoms with Gasteiger partial charge in [-0.05, 0) is 37.3 Å². The summed E-state index contributed by atoms with van der Waals surface area (Å²) < 4.78 is 2.03. The Labute approximate surface area is 121 Å². The molecule has 3 heterocycles. The molecule has 0 aliphatic rings. The van der Waals surface area contributed by atoms with Gasteiger partial charge in [-0.3, -0.25) is 0 Å². The first-order valence-corrected chi connectivity index (χ1v) is 6.91. The van der Waals surface area contributed by atoms with Gasteiger partial charge in [0.25, 0.3) is 0 Å². The van der Waals surface area contributed by atoms with E-state index in [1.165, 1.54) is 0 Å². The average Bonchev–Trinajstić information content (AvgIpc) is 3.06. The van der Waals surface area contributed by atoms with Crippen molar-refractivity contribution in [1.29, 1.82) is 0 Å². The van der Waals surface area contributed by atoms with E-state index in [9.17, 15) is 0 Å². The first-order chi connectivity index (χ1) is 10.3. The lowest BCUT2D eigenvalue weighted by molar-refractivity contribution is 1.08. The van der Waals surface area contributed by atoms with Gasteiger partial charge < -0.3 is 14.7 Å². The van der Waals surface area contributed by atoms with E-state index in [-0.39, 0.29) is 0 Å². The van der Waals surface area contributed by atoms with Gasteiger partial charge in [-0.15, -0.1) is 0 Å². The topological polar surface area (TPSA) is 58.0 Å². The molecule has 0 atom stereocenters. The average molecular weight is 277 g/mol. The second-order valence-electron chi connectivity index (χ2n) is 5.11. The molecule has 4 rings (SSSR count).